The summed E-state index contributed by atoms with van der Waals surface area (Å²) in [5.74, 6) is -1.19. The monoisotopic (exact) mass is 307 g/mol. The molecular formula is C16H25N3O3. The van der Waals surface area contributed by atoms with Gasteiger partial charge in [0.25, 0.3) is 0 Å². The lowest BCUT2D eigenvalue weighted by atomic mass is 9.95. The van der Waals surface area contributed by atoms with Crippen LogP contribution in [0.3, 0.4) is 0 Å². The maximum atomic E-state index is 12.7. The molecule has 6 nitrogen and oxygen atoms in total. The van der Waals surface area contributed by atoms with Gasteiger partial charge in [0.15, 0.2) is 0 Å². The lowest BCUT2D eigenvalue weighted by Crippen LogP contribution is -2.50. The third-order valence-corrected chi connectivity index (χ3v) is 4.66. The third kappa shape index (κ3) is 3.15. The number of nitrogens with zero attached hydrogens (tertiary/aromatic N) is 3. The first-order chi connectivity index (χ1) is 10.3. The molecular weight excluding hydrogens is 282 g/mol. The number of likely N-dealkylation sites (tertiary alicyclic amines) is 1. The van der Waals surface area contributed by atoms with Gasteiger partial charge in [-0.05, 0) is 45.1 Å². The average Bonchev–Trinajstić information content (AvgIpc) is 2.72. The number of rotatable bonds is 4. The number of carbonyl (C=O) groups is 2. The SMILES string of the molecule is Cc1nn(C)c(C)c1C[C@H](C)C(=O)N1CCCC[C@@H]1C(=O)O. The van der Waals surface area contributed by atoms with Gasteiger partial charge in [-0.15, -0.1) is 0 Å². The maximum Gasteiger partial charge on any atom is 0.326 e. The number of carbonyl (C=O) groups excluding carboxylic acids is 1. The highest BCUT2D eigenvalue weighted by molar-refractivity contribution is 5.85. The van der Waals surface area contributed by atoms with Gasteiger partial charge in [-0.2, -0.15) is 5.10 Å². The maximum absolute atomic E-state index is 12.7. The van der Waals surface area contributed by atoms with Crippen molar-refractivity contribution in [1.82, 2.24) is 14.7 Å². The predicted molar refractivity (Wildman–Crippen MR) is 82.5 cm³/mol. The molecule has 1 aliphatic rings. The summed E-state index contributed by atoms with van der Waals surface area (Å²) in [7, 11) is 1.89. The number of aliphatic carboxylic acids is 1. The Hall–Kier alpha value is -1.85. The van der Waals surface area contributed by atoms with Gasteiger partial charge in [-0.3, -0.25) is 9.48 Å². The van der Waals surface area contributed by atoms with Crippen molar-refractivity contribution in [2.45, 2.75) is 52.5 Å². The van der Waals surface area contributed by atoms with Crippen LogP contribution in [-0.4, -0.2) is 44.3 Å². The minimum absolute atomic E-state index is 0.0604. The molecule has 1 N–H and O–H groups in total. The molecule has 0 aromatic carbocycles. The molecule has 1 aliphatic heterocycles. The summed E-state index contributed by atoms with van der Waals surface area (Å²) in [5, 5.41) is 13.7. The van der Waals surface area contributed by atoms with Gasteiger partial charge in [0.1, 0.15) is 6.04 Å². The molecule has 0 spiro atoms. The van der Waals surface area contributed by atoms with Gasteiger partial charge in [0, 0.05) is 25.2 Å². The van der Waals surface area contributed by atoms with Crippen molar-refractivity contribution in [3.05, 3.63) is 17.0 Å². The van der Waals surface area contributed by atoms with E-state index in [9.17, 15) is 14.7 Å². The summed E-state index contributed by atoms with van der Waals surface area (Å²) < 4.78 is 1.82. The van der Waals surface area contributed by atoms with Gasteiger partial charge in [-0.25, -0.2) is 4.79 Å². The minimum Gasteiger partial charge on any atom is -0.480 e. The summed E-state index contributed by atoms with van der Waals surface area (Å²) in [6, 6.07) is -0.667. The molecule has 1 amide bonds. The van der Waals surface area contributed by atoms with Crippen molar-refractivity contribution in [2.75, 3.05) is 6.54 Å². The van der Waals surface area contributed by atoms with Crippen LogP contribution in [0.5, 0.6) is 0 Å². The van der Waals surface area contributed by atoms with Crippen LogP contribution < -0.4 is 0 Å². The Bertz CT molecular complexity index is 579. The Morgan fingerprint density at radius 1 is 1.36 bits per heavy atom. The third-order valence-electron chi connectivity index (χ3n) is 4.66. The number of carboxylic acids is 1. The Balaban J connectivity index is 2.12. The molecule has 122 valence electrons. The van der Waals surface area contributed by atoms with Crippen LogP contribution in [0.25, 0.3) is 0 Å². The number of hydrogen-bond donors (Lipinski definition) is 1. The second-order valence-electron chi connectivity index (χ2n) is 6.26. The second kappa shape index (κ2) is 6.50. The molecule has 0 bridgehead atoms. The van der Waals surface area contributed by atoms with E-state index in [0.29, 0.717) is 19.4 Å². The van der Waals surface area contributed by atoms with Gasteiger partial charge in [0.2, 0.25) is 5.91 Å². The topological polar surface area (TPSA) is 75.4 Å². The molecule has 0 saturated carbocycles. The standard InChI is InChI=1S/C16H25N3O3/c1-10(9-13-11(2)17-18(4)12(13)3)15(20)19-8-6-5-7-14(19)16(21)22/h10,14H,5-9H2,1-4H3,(H,21,22)/t10-,14+/m0/s1. The highest BCUT2D eigenvalue weighted by atomic mass is 16.4. The minimum atomic E-state index is -0.894. The van der Waals surface area contributed by atoms with E-state index in [0.717, 1.165) is 29.8 Å². The summed E-state index contributed by atoms with van der Waals surface area (Å²) in [6.07, 6.45) is 2.91. The summed E-state index contributed by atoms with van der Waals surface area (Å²) in [6.45, 7) is 6.36. The van der Waals surface area contributed by atoms with Crippen molar-refractivity contribution in [2.24, 2.45) is 13.0 Å². The van der Waals surface area contributed by atoms with Crippen LogP contribution in [0, 0.1) is 19.8 Å². The zero-order valence-corrected chi connectivity index (χ0v) is 13.8. The zero-order chi connectivity index (χ0) is 16.4. The van der Waals surface area contributed by atoms with Crippen LogP contribution >= 0.6 is 0 Å². The Morgan fingerprint density at radius 2 is 2.05 bits per heavy atom. The fourth-order valence-electron chi connectivity index (χ4n) is 3.24. The van der Waals surface area contributed by atoms with E-state index >= 15 is 0 Å². The van der Waals surface area contributed by atoms with Crippen LogP contribution in [-0.2, 0) is 23.1 Å². The first kappa shape index (κ1) is 16.5. The van der Waals surface area contributed by atoms with Gasteiger partial charge >= 0.3 is 5.97 Å². The molecule has 0 aliphatic carbocycles. The second-order valence-corrected chi connectivity index (χ2v) is 6.26. The first-order valence-corrected chi connectivity index (χ1v) is 7.85. The molecule has 2 heterocycles. The fraction of sp³-hybridized carbons (Fsp3) is 0.688. The molecule has 0 unspecified atom stereocenters. The van der Waals surface area contributed by atoms with E-state index in [-0.39, 0.29) is 11.8 Å². The molecule has 1 aromatic rings. The molecule has 2 rings (SSSR count). The van der Waals surface area contributed by atoms with Crippen molar-refractivity contribution < 1.29 is 14.7 Å². The van der Waals surface area contributed by atoms with Crippen molar-refractivity contribution >= 4 is 11.9 Å². The highest BCUT2D eigenvalue weighted by Crippen LogP contribution is 2.23. The number of aromatic nitrogens is 2. The number of piperidine rings is 1. The van der Waals surface area contributed by atoms with E-state index in [1.807, 2.05) is 32.5 Å². The zero-order valence-electron chi connectivity index (χ0n) is 13.8. The molecule has 1 saturated heterocycles. The summed E-state index contributed by atoms with van der Waals surface area (Å²) >= 11 is 0. The van der Waals surface area contributed by atoms with E-state index in [4.69, 9.17) is 0 Å². The highest BCUT2D eigenvalue weighted by Gasteiger charge is 2.34. The molecule has 0 radical (unpaired) electrons. The van der Waals surface area contributed by atoms with Crippen molar-refractivity contribution in [3.63, 3.8) is 0 Å². The van der Waals surface area contributed by atoms with Crippen molar-refractivity contribution in [1.29, 1.82) is 0 Å². The number of hydrogen-bond acceptors (Lipinski definition) is 3. The Labute approximate surface area is 131 Å². The molecule has 1 fully saturated rings. The van der Waals surface area contributed by atoms with Gasteiger partial charge in [-0.1, -0.05) is 6.92 Å². The van der Waals surface area contributed by atoms with Crippen molar-refractivity contribution in [3.8, 4) is 0 Å². The van der Waals surface area contributed by atoms with E-state index in [2.05, 4.69) is 5.10 Å². The molecule has 2 atom stereocenters. The number of carboxylic acid groups (broad SMARTS) is 1. The Morgan fingerprint density at radius 3 is 2.59 bits per heavy atom. The fourth-order valence-corrected chi connectivity index (χ4v) is 3.24. The summed E-state index contributed by atoms with van der Waals surface area (Å²) in [5.41, 5.74) is 3.09. The predicted octanol–water partition coefficient (Wildman–Crippen LogP) is 1.68. The summed E-state index contributed by atoms with van der Waals surface area (Å²) in [4.78, 5) is 25.6. The van der Waals surface area contributed by atoms with Crippen LogP contribution in [0.2, 0.25) is 0 Å². The lowest BCUT2D eigenvalue weighted by Gasteiger charge is -2.34. The average molecular weight is 307 g/mol. The molecule has 22 heavy (non-hydrogen) atoms. The smallest absolute Gasteiger partial charge is 0.326 e. The van der Waals surface area contributed by atoms with Crippen LogP contribution in [0.15, 0.2) is 0 Å². The molecule has 6 heteroatoms. The van der Waals surface area contributed by atoms with Gasteiger partial charge in [0.05, 0.1) is 5.69 Å². The largest absolute Gasteiger partial charge is 0.480 e. The van der Waals surface area contributed by atoms with Gasteiger partial charge < -0.3 is 10.0 Å². The molecule has 1 aromatic heterocycles. The van der Waals surface area contributed by atoms with E-state index < -0.39 is 12.0 Å². The number of aryl methyl sites for hydroxylation is 2. The van der Waals surface area contributed by atoms with Crippen LogP contribution in [0.4, 0.5) is 0 Å². The Kier molecular flexibility index (Phi) is 4.88. The first-order valence-electron chi connectivity index (χ1n) is 7.85. The quantitative estimate of drug-likeness (QED) is 0.918. The van der Waals surface area contributed by atoms with E-state index in [1.165, 1.54) is 0 Å². The van der Waals surface area contributed by atoms with E-state index in [1.54, 1.807) is 4.90 Å². The lowest BCUT2D eigenvalue weighted by molar-refractivity contribution is -0.153. The van der Waals surface area contributed by atoms with Crippen LogP contribution in [0.1, 0.15) is 43.1 Å². The normalized spacial score (nSPS) is 20.0. The number of amides is 1.